The molecule has 0 saturated carbocycles. The molecule has 0 aliphatic heterocycles. The fraction of sp³-hybridized carbons (Fsp3) is 0.727. The topological polar surface area (TPSA) is 111 Å². The number of aliphatic carboxylic acids is 1. The summed E-state index contributed by atoms with van der Waals surface area (Å²) in [5.41, 5.74) is 0. The van der Waals surface area contributed by atoms with Crippen LogP contribution in [-0.4, -0.2) is 68.2 Å². The molecule has 0 aromatic heterocycles. The molecule has 110 valence electrons. The smallest absolute Gasteiger partial charge is 0.322 e. The number of rotatable bonds is 9. The Bertz CT molecular complexity index is 307. The van der Waals surface area contributed by atoms with Crippen LogP contribution in [0, 0.1) is 0 Å². The number of urea groups is 1. The summed E-state index contributed by atoms with van der Waals surface area (Å²) in [7, 11) is 3.96. The van der Waals surface area contributed by atoms with Crippen molar-refractivity contribution in [3.8, 4) is 0 Å². The molecule has 3 amide bonds. The minimum absolute atomic E-state index is 0.239. The number of amides is 3. The summed E-state index contributed by atoms with van der Waals surface area (Å²) in [4.78, 5) is 34.6. The van der Waals surface area contributed by atoms with E-state index < -0.39 is 24.5 Å². The van der Waals surface area contributed by atoms with Gasteiger partial charge < -0.3 is 26.0 Å². The van der Waals surface area contributed by atoms with E-state index in [0.29, 0.717) is 6.54 Å². The maximum Gasteiger partial charge on any atom is 0.322 e. The van der Waals surface area contributed by atoms with Crippen LogP contribution in [0.3, 0.4) is 0 Å². The first-order valence-corrected chi connectivity index (χ1v) is 6.06. The molecule has 8 heteroatoms. The third-order valence-electron chi connectivity index (χ3n) is 2.16. The lowest BCUT2D eigenvalue weighted by molar-refractivity contribution is -0.137. The van der Waals surface area contributed by atoms with Crippen LogP contribution < -0.4 is 16.0 Å². The van der Waals surface area contributed by atoms with Gasteiger partial charge in [0.05, 0.1) is 6.54 Å². The van der Waals surface area contributed by atoms with Gasteiger partial charge in [-0.2, -0.15) is 0 Å². The van der Waals surface area contributed by atoms with Crippen LogP contribution in [0.25, 0.3) is 0 Å². The van der Waals surface area contributed by atoms with Crippen LogP contribution in [0.4, 0.5) is 4.79 Å². The Kier molecular flexibility index (Phi) is 9.15. The van der Waals surface area contributed by atoms with E-state index in [9.17, 15) is 14.4 Å². The average molecular weight is 274 g/mol. The second kappa shape index (κ2) is 10.1. The minimum Gasteiger partial charge on any atom is -0.480 e. The number of nitrogens with zero attached hydrogens (tertiary/aromatic N) is 1. The summed E-state index contributed by atoms with van der Waals surface area (Å²) in [6.07, 6.45) is 1.84. The number of carbonyl (C=O) groups is 3. The van der Waals surface area contributed by atoms with Gasteiger partial charge in [-0.25, -0.2) is 4.79 Å². The van der Waals surface area contributed by atoms with Gasteiger partial charge in [-0.3, -0.25) is 9.59 Å². The van der Waals surface area contributed by atoms with Crippen molar-refractivity contribution in [2.75, 3.05) is 40.3 Å². The third kappa shape index (κ3) is 12.4. The van der Waals surface area contributed by atoms with E-state index in [-0.39, 0.29) is 6.54 Å². The van der Waals surface area contributed by atoms with Crippen LogP contribution in [-0.2, 0) is 9.59 Å². The molecule has 0 fully saturated rings. The first kappa shape index (κ1) is 17.2. The molecule has 0 saturated heterocycles. The molecule has 0 unspecified atom stereocenters. The predicted octanol–water partition coefficient (Wildman–Crippen LogP) is -1.17. The maximum absolute atomic E-state index is 11.3. The molecule has 0 rings (SSSR count). The zero-order chi connectivity index (χ0) is 14.7. The van der Waals surface area contributed by atoms with Crippen molar-refractivity contribution in [3.05, 3.63) is 0 Å². The van der Waals surface area contributed by atoms with Crippen molar-refractivity contribution in [1.29, 1.82) is 0 Å². The number of hydrogen-bond donors (Lipinski definition) is 4. The zero-order valence-corrected chi connectivity index (χ0v) is 11.4. The lowest BCUT2D eigenvalue weighted by Gasteiger charge is -2.10. The van der Waals surface area contributed by atoms with E-state index in [1.54, 1.807) is 0 Å². The van der Waals surface area contributed by atoms with E-state index in [1.807, 2.05) is 14.1 Å². The van der Waals surface area contributed by atoms with Gasteiger partial charge in [-0.05, 0) is 33.5 Å². The molecule has 0 bridgehead atoms. The highest BCUT2D eigenvalue weighted by atomic mass is 16.4. The molecule has 0 aromatic carbocycles. The zero-order valence-electron chi connectivity index (χ0n) is 11.4. The Hall–Kier alpha value is -1.83. The predicted molar refractivity (Wildman–Crippen MR) is 69.8 cm³/mol. The first-order chi connectivity index (χ1) is 8.91. The van der Waals surface area contributed by atoms with Crippen molar-refractivity contribution >= 4 is 17.9 Å². The number of carboxylic acid groups (broad SMARTS) is 1. The average Bonchev–Trinajstić information content (AvgIpc) is 2.33. The quantitative estimate of drug-likeness (QED) is 0.396. The van der Waals surface area contributed by atoms with Crippen LogP contribution in [0.15, 0.2) is 0 Å². The normalized spacial score (nSPS) is 10.1. The van der Waals surface area contributed by atoms with Gasteiger partial charge in [0, 0.05) is 6.54 Å². The summed E-state index contributed by atoms with van der Waals surface area (Å²) < 4.78 is 0. The molecular formula is C11H22N4O4. The van der Waals surface area contributed by atoms with E-state index in [4.69, 9.17) is 5.11 Å². The third-order valence-corrected chi connectivity index (χ3v) is 2.16. The molecule has 4 N–H and O–H groups in total. The second-order valence-electron chi connectivity index (χ2n) is 4.29. The Morgan fingerprint density at radius 3 is 2.26 bits per heavy atom. The number of unbranched alkanes of at least 4 members (excludes halogenated alkanes) is 1. The van der Waals surface area contributed by atoms with Crippen molar-refractivity contribution < 1.29 is 19.5 Å². The second-order valence-corrected chi connectivity index (χ2v) is 4.29. The maximum atomic E-state index is 11.3. The largest absolute Gasteiger partial charge is 0.480 e. The SMILES string of the molecule is CN(C)CCCCNC(=O)NCC(=O)NCC(=O)O. The van der Waals surface area contributed by atoms with Gasteiger partial charge >= 0.3 is 12.0 Å². The highest BCUT2D eigenvalue weighted by Gasteiger charge is 2.05. The Morgan fingerprint density at radius 2 is 1.68 bits per heavy atom. The molecule has 0 heterocycles. The molecule has 0 atom stereocenters. The molecule has 0 spiro atoms. The Labute approximate surface area is 112 Å². The van der Waals surface area contributed by atoms with Gasteiger partial charge in [0.15, 0.2) is 0 Å². The van der Waals surface area contributed by atoms with Gasteiger partial charge in [-0.15, -0.1) is 0 Å². The van der Waals surface area contributed by atoms with Gasteiger partial charge in [-0.1, -0.05) is 0 Å². The van der Waals surface area contributed by atoms with Crippen LogP contribution in [0.1, 0.15) is 12.8 Å². The fourth-order valence-corrected chi connectivity index (χ4v) is 1.21. The molecule has 0 aliphatic carbocycles. The lowest BCUT2D eigenvalue weighted by Crippen LogP contribution is -2.43. The molecule has 0 aliphatic rings. The summed E-state index contributed by atoms with van der Waals surface area (Å²) >= 11 is 0. The van der Waals surface area contributed by atoms with Crippen molar-refractivity contribution in [2.45, 2.75) is 12.8 Å². The van der Waals surface area contributed by atoms with Gasteiger partial charge in [0.2, 0.25) is 5.91 Å². The number of hydrogen-bond acceptors (Lipinski definition) is 4. The van der Waals surface area contributed by atoms with E-state index >= 15 is 0 Å². The molecule has 8 nitrogen and oxygen atoms in total. The van der Waals surface area contributed by atoms with Crippen LogP contribution >= 0.6 is 0 Å². The molecule has 0 radical (unpaired) electrons. The monoisotopic (exact) mass is 274 g/mol. The summed E-state index contributed by atoms with van der Waals surface area (Å²) in [5.74, 6) is -1.66. The lowest BCUT2D eigenvalue weighted by atomic mass is 10.3. The molecule has 0 aromatic rings. The van der Waals surface area contributed by atoms with E-state index in [2.05, 4.69) is 20.9 Å². The van der Waals surface area contributed by atoms with Crippen molar-refractivity contribution in [3.63, 3.8) is 0 Å². The van der Waals surface area contributed by atoms with Crippen molar-refractivity contribution in [1.82, 2.24) is 20.9 Å². The minimum atomic E-state index is -1.13. The highest BCUT2D eigenvalue weighted by molar-refractivity contribution is 5.86. The number of carbonyl (C=O) groups excluding carboxylic acids is 2. The van der Waals surface area contributed by atoms with Crippen molar-refractivity contribution in [2.24, 2.45) is 0 Å². The standard InChI is InChI=1S/C11H22N4O4/c1-15(2)6-4-3-5-12-11(19)14-7-9(16)13-8-10(17)18/h3-8H2,1-2H3,(H,13,16)(H,17,18)(H2,12,14,19). The Morgan fingerprint density at radius 1 is 1.00 bits per heavy atom. The van der Waals surface area contributed by atoms with E-state index in [1.165, 1.54) is 0 Å². The number of carboxylic acids is 1. The number of nitrogens with one attached hydrogen (secondary N) is 3. The Balaban J connectivity index is 3.48. The van der Waals surface area contributed by atoms with Crippen LogP contribution in [0.5, 0.6) is 0 Å². The van der Waals surface area contributed by atoms with Gasteiger partial charge in [0.1, 0.15) is 6.54 Å². The summed E-state index contributed by atoms with van der Waals surface area (Å²) in [6, 6.07) is -0.435. The summed E-state index contributed by atoms with van der Waals surface area (Å²) in [6.45, 7) is 0.806. The van der Waals surface area contributed by atoms with Crippen LogP contribution in [0.2, 0.25) is 0 Å². The first-order valence-electron chi connectivity index (χ1n) is 6.06. The van der Waals surface area contributed by atoms with E-state index in [0.717, 1.165) is 19.4 Å². The highest BCUT2D eigenvalue weighted by Crippen LogP contribution is 1.88. The molecular weight excluding hydrogens is 252 g/mol. The van der Waals surface area contributed by atoms with Gasteiger partial charge in [0.25, 0.3) is 0 Å². The molecule has 19 heavy (non-hydrogen) atoms. The fourth-order valence-electron chi connectivity index (χ4n) is 1.21. The summed E-state index contributed by atoms with van der Waals surface area (Å²) in [5, 5.41) is 15.4.